The van der Waals surface area contributed by atoms with E-state index in [1.807, 2.05) is 6.26 Å². The van der Waals surface area contributed by atoms with Crippen LogP contribution in [0.15, 0.2) is 52.0 Å². The summed E-state index contributed by atoms with van der Waals surface area (Å²) in [6, 6.07) is 7.38. The Morgan fingerprint density at radius 2 is 2.00 bits per heavy atom. The van der Waals surface area contributed by atoms with Crippen LogP contribution < -0.4 is 10.0 Å². The summed E-state index contributed by atoms with van der Waals surface area (Å²) in [5.74, 6) is -0.0246. The topological polar surface area (TPSA) is 88.4 Å². The molecular formula is C18H23FN2O4S2. The second kappa shape index (κ2) is 9.91. The Kier molecular flexibility index (Phi) is 7.88. The molecule has 148 valence electrons. The van der Waals surface area contributed by atoms with Gasteiger partial charge in [-0.3, -0.25) is 4.79 Å². The average molecular weight is 415 g/mol. The molecular weight excluding hydrogens is 391 g/mol. The first-order chi connectivity index (χ1) is 12.8. The maximum absolute atomic E-state index is 13.9. The molecule has 2 aromatic rings. The fourth-order valence-electron chi connectivity index (χ4n) is 2.52. The standard InChI is InChI=1S/C18H23FN2O4S2/c1-13(12-14-6-5-10-25-14)20-18(22)16(9-11-26-2)21-27(23,24)17-8-4-3-7-15(17)19/h3-8,10,13,16,21H,9,11-12H2,1-2H3,(H,20,22). The minimum absolute atomic E-state index is 0.251. The lowest BCUT2D eigenvalue weighted by Gasteiger charge is -2.21. The van der Waals surface area contributed by atoms with Crippen molar-refractivity contribution < 1.29 is 22.0 Å². The van der Waals surface area contributed by atoms with Gasteiger partial charge in [-0.05, 0) is 49.6 Å². The molecule has 0 radical (unpaired) electrons. The summed E-state index contributed by atoms with van der Waals surface area (Å²) in [6.07, 6.45) is 4.18. The highest BCUT2D eigenvalue weighted by Gasteiger charge is 2.28. The van der Waals surface area contributed by atoms with Crippen LogP contribution >= 0.6 is 11.8 Å². The van der Waals surface area contributed by atoms with E-state index in [9.17, 15) is 17.6 Å². The molecule has 2 atom stereocenters. The van der Waals surface area contributed by atoms with Gasteiger partial charge in [-0.1, -0.05) is 12.1 Å². The van der Waals surface area contributed by atoms with Crippen molar-refractivity contribution in [1.82, 2.24) is 10.0 Å². The van der Waals surface area contributed by atoms with Crippen LogP contribution in [0, 0.1) is 5.82 Å². The van der Waals surface area contributed by atoms with E-state index in [1.54, 1.807) is 25.3 Å². The Balaban J connectivity index is 2.09. The Bertz CT molecular complexity index is 841. The molecule has 27 heavy (non-hydrogen) atoms. The number of nitrogens with one attached hydrogen (secondary N) is 2. The van der Waals surface area contributed by atoms with Crippen molar-refractivity contribution in [2.45, 2.75) is 36.7 Å². The van der Waals surface area contributed by atoms with Gasteiger partial charge >= 0.3 is 0 Å². The number of furan rings is 1. The molecule has 9 heteroatoms. The van der Waals surface area contributed by atoms with E-state index in [1.165, 1.54) is 30.0 Å². The Hall–Kier alpha value is -1.84. The molecule has 1 heterocycles. The first kappa shape index (κ1) is 21.5. The quantitative estimate of drug-likeness (QED) is 0.624. The van der Waals surface area contributed by atoms with Crippen LogP contribution in [0.5, 0.6) is 0 Å². The first-order valence-corrected chi connectivity index (χ1v) is 11.3. The largest absolute Gasteiger partial charge is 0.469 e. The molecule has 2 rings (SSSR count). The van der Waals surface area contributed by atoms with Gasteiger partial charge in [-0.25, -0.2) is 12.8 Å². The Morgan fingerprint density at radius 1 is 1.26 bits per heavy atom. The number of rotatable bonds is 10. The van der Waals surface area contributed by atoms with E-state index < -0.39 is 32.7 Å². The normalized spacial score (nSPS) is 13.9. The van der Waals surface area contributed by atoms with E-state index in [-0.39, 0.29) is 12.5 Å². The number of hydrogen-bond donors (Lipinski definition) is 2. The Morgan fingerprint density at radius 3 is 2.63 bits per heavy atom. The number of halogens is 1. The van der Waals surface area contributed by atoms with Gasteiger partial charge < -0.3 is 9.73 Å². The predicted octanol–water partition coefficient (Wildman–Crippen LogP) is 2.57. The zero-order chi connectivity index (χ0) is 19.9. The third kappa shape index (κ3) is 6.37. The van der Waals surface area contributed by atoms with Crippen LogP contribution in [0.25, 0.3) is 0 Å². The highest BCUT2D eigenvalue weighted by Crippen LogP contribution is 2.15. The van der Waals surface area contributed by atoms with Crippen molar-refractivity contribution in [1.29, 1.82) is 0 Å². The van der Waals surface area contributed by atoms with Crippen LogP contribution in [0.4, 0.5) is 4.39 Å². The summed E-state index contributed by atoms with van der Waals surface area (Å²) in [5, 5.41) is 2.79. The molecule has 2 N–H and O–H groups in total. The zero-order valence-corrected chi connectivity index (χ0v) is 16.8. The number of amides is 1. The van der Waals surface area contributed by atoms with Gasteiger partial charge in [0.15, 0.2) is 0 Å². The van der Waals surface area contributed by atoms with Crippen LogP contribution in [-0.4, -0.2) is 38.4 Å². The van der Waals surface area contributed by atoms with Gasteiger partial charge in [0.05, 0.1) is 6.26 Å². The second-order valence-corrected chi connectivity index (χ2v) is 8.75. The molecule has 0 aliphatic carbocycles. The lowest BCUT2D eigenvalue weighted by atomic mass is 10.1. The minimum atomic E-state index is -4.16. The number of carbonyl (C=O) groups excluding carboxylic acids is 1. The summed E-state index contributed by atoms with van der Waals surface area (Å²) in [7, 11) is -4.16. The summed E-state index contributed by atoms with van der Waals surface area (Å²) in [5.41, 5.74) is 0. The highest BCUT2D eigenvalue weighted by atomic mass is 32.2. The lowest BCUT2D eigenvalue weighted by Crippen LogP contribution is -2.49. The van der Waals surface area contributed by atoms with E-state index in [0.29, 0.717) is 12.2 Å². The van der Waals surface area contributed by atoms with Crippen molar-refractivity contribution in [3.05, 3.63) is 54.2 Å². The smallest absolute Gasteiger partial charge is 0.244 e. The van der Waals surface area contributed by atoms with Gasteiger partial charge in [0, 0.05) is 12.5 Å². The Labute approximate surface area is 163 Å². The molecule has 0 saturated carbocycles. The highest BCUT2D eigenvalue weighted by molar-refractivity contribution is 7.98. The number of hydrogen-bond acceptors (Lipinski definition) is 5. The second-order valence-electron chi connectivity index (χ2n) is 6.08. The number of benzene rings is 1. The van der Waals surface area contributed by atoms with Gasteiger partial charge in [-0.15, -0.1) is 0 Å². The number of sulfonamides is 1. The van der Waals surface area contributed by atoms with Gasteiger partial charge in [0.1, 0.15) is 22.5 Å². The molecule has 0 fully saturated rings. The molecule has 1 amide bonds. The molecule has 0 spiro atoms. The van der Waals surface area contributed by atoms with E-state index in [0.717, 1.165) is 11.8 Å². The maximum atomic E-state index is 13.9. The van der Waals surface area contributed by atoms with Crippen molar-refractivity contribution in [3.8, 4) is 0 Å². The van der Waals surface area contributed by atoms with Crippen molar-refractivity contribution in [3.63, 3.8) is 0 Å². The molecule has 1 aromatic heterocycles. The van der Waals surface area contributed by atoms with Crippen molar-refractivity contribution >= 4 is 27.7 Å². The zero-order valence-electron chi connectivity index (χ0n) is 15.1. The van der Waals surface area contributed by atoms with Crippen LogP contribution in [-0.2, 0) is 21.2 Å². The SMILES string of the molecule is CSCCC(NS(=O)(=O)c1ccccc1F)C(=O)NC(C)Cc1ccco1. The number of carbonyl (C=O) groups is 1. The fourth-order valence-corrected chi connectivity index (χ4v) is 4.30. The van der Waals surface area contributed by atoms with E-state index in [2.05, 4.69) is 10.0 Å². The van der Waals surface area contributed by atoms with E-state index in [4.69, 9.17) is 4.42 Å². The summed E-state index contributed by atoms with van der Waals surface area (Å²) >= 11 is 1.49. The summed E-state index contributed by atoms with van der Waals surface area (Å²) in [4.78, 5) is 12.1. The van der Waals surface area contributed by atoms with Gasteiger partial charge in [-0.2, -0.15) is 16.5 Å². The monoisotopic (exact) mass is 414 g/mol. The van der Waals surface area contributed by atoms with E-state index >= 15 is 0 Å². The predicted molar refractivity (Wildman–Crippen MR) is 104 cm³/mol. The lowest BCUT2D eigenvalue weighted by molar-refractivity contribution is -0.123. The number of thioether (sulfide) groups is 1. The van der Waals surface area contributed by atoms with Gasteiger partial charge in [0.2, 0.25) is 15.9 Å². The van der Waals surface area contributed by atoms with Crippen molar-refractivity contribution in [2.24, 2.45) is 0 Å². The van der Waals surface area contributed by atoms with Crippen LogP contribution in [0.1, 0.15) is 19.1 Å². The molecule has 2 unspecified atom stereocenters. The summed E-state index contributed by atoms with van der Waals surface area (Å²) < 4.78 is 46.5. The van der Waals surface area contributed by atoms with Gasteiger partial charge in [0.25, 0.3) is 0 Å². The summed E-state index contributed by atoms with van der Waals surface area (Å²) in [6.45, 7) is 1.80. The third-order valence-corrected chi connectivity index (χ3v) is 5.98. The van der Waals surface area contributed by atoms with Crippen LogP contribution in [0.2, 0.25) is 0 Å². The molecule has 0 bridgehead atoms. The van der Waals surface area contributed by atoms with Crippen molar-refractivity contribution in [2.75, 3.05) is 12.0 Å². The molecule has 0 aliphatic rings. The van der Waals surface area contributed by atoms with Crippen LogP contribution in [0.3, 0.4) is 0 Å². The molecule has 1 aromatic carbocycles. The molecule has 6 nitrogen and oxygen atoms in total. The third-order valence-electron chi connectivity index (χ3n) is 3.83. The molecule has 0 aliphatic heterocycles. The molecule has 0 saturated heterocycles. The first-order valence-electron chi connectivity index (χ1n) is 8.42. The fraction of sp³-hybridized carbons (Fsp3) is 0.389. The maximum Gasteiger partial charge on any atom is 0.244 e. The minimum Gasteiger partial charge on any atom is -0.469 e. The average Bonchev–Trinajstić information content (AvgIpc) is 3.11.